The fourth-order valence-electron chi connectivity index (χ4n) is 2.50. The van der Waals surface area contributed by atoms with E-state index in [1.807, 2.05) is 6.92 Å². The van der Waals surface area contributed by atoms with Crippen molar-refractivity contribution in [1.29, 1.82) is 0 Å². The van der Waals surface area contributed by atoms with Gasteiger partial charge in [0.2, 0.25) is 0 Å². The van der Waals surface area contributed by atoms with Crippen LogP contribution in [-0.4, -0.2) is 37.0 Å². The van der Waals surface area contributed by atoms with E-state index < -0.39 is 26.2 Å². The number of hydrogen-bond donors (Lipinski definition) is 1. The second-order valence-electron chi connectivity index (χ2n) is 6.21. The van der Waals surface area contributed by atoms with Gasteiger partial charge in [0.05, 0.1) is 15.4 Å². The van der Waals surface area contributed by atoms with E-state index in [-0.39, 0.29) is 80.0 Å². The summed E-state index contributed by atoms with van der Waals surface area (Å²) >= 11 is 0. The topological polar surface area (TPSA) is 152 Å². The third kappa shape index (κ3) is 8.01. The van der Waals surface area contributed by atoms with Crippen molar-refractivity contribution in [3.63, 3.8) is 0 Å². The first-order valence-corrected chi connectivity index (χ1v) is 10.7. The van der Waals surface area contributed by atoms with Crippen LogP contribution in [0.3, 0.4) is 0 Å². The van der Waals surface area contributed by atoms with Crippen LogP contribution in [0.15, 0.2) is 34.1 Å². The van der Waals surface area contributed by atoms with Crippen LogP contribution in [0.2, 0.25) is 0 Å². The third-order valence-corrected chi connectivity index (χ3v) is 6.48. The van der Waals surface area contributed by atoms with Crippen molar-refractivity contribution in [3.05, 3.63) is 57.6 Å². The molecule has 0 spiro atoms. The molecule has 0 heterocycles. The van der Waals surface area contributed by atoms with Crippen molar-refractivity contribution in [2.45, 2.75) is 44.4 Å². The Morgan fingerprint density at radius 2 is 1.07 bits per heavy atom. The second-order valence-corrected chi connectivity index (χ2v) is 8.90. The Labute approximate surface area is 221 Å². The van der Waals surface area contributed by atoms with Gasteiger partial charge >= 0.3 is 65.1 Å². The SMILES string of the molecule is Cc1c(C(=O)O)ccc(S(=O)(=O)[O-])c1C.Cc1ccc(S(=O)(=O)[O-])c(C)c1C.[Na+].[Na+]. The minimum Gasteiger partial charge on any atom is -0.744 e. The first-order chi connectivity index (χ1) is 12.6. The number of hydrogen-bond acceptors (Lipinski definition) is 7. The van der Waals surface area contributed by atoms with Crippen LogP contribution >= 0.6 is 0 Å². The summed E-state index contributed by atoms with van der Waals surface area (Å²) in [6.07, 6.45) is 0. The summed E-state index contributed by atoms with van der Waals surface area (Å²) in [6, 6.07) is 5.15. The van der Waals surface area contributed by atoms with Crippen LogP contribution in [0, 0.1) is 34.6 Å². The summed E-state index contributed by atoms with van der Waals surface area (Å²) in [4.78, 5) is 10.2. The van der Waals surface area contributed by atoms with Crippen LogP contribution in [0.25, 0.3) is 0 Å². The van der Waals surface area contributed by atoms with E-state index in [1.165, 1.54) is 19.9 Å². The average Bonchev–Trinajstić information content (AvgIpc) is 2.53. The summed E-state index contributed by atoms with van der Waals surface area (Å²) in [5.41, 5.74) is 2.88. The van der Waals surface area contributed by atoms with E-state index in [9.17, 15) is 30.7 Å². The molecule has 8 nitrogen and oxygen atoms in total. The molecule has 0 aromatic heterocycles. The van der Waals surface area contributed by atoms with Crippen molar-refractivity contribution >= 4 is 26.2 Å². The number of carboxylic acids is 1. The Bertz CT molecular complexity index is 1140. The van der Waals surface area contributed by atoms with Crippen molar-refractivity contribution in [2.75, 3.05) is 0 Å². The maximum absolute atomic E-state index is 10.8. The van der Waals surface area contributed by atoms with Gasteiger partial charge in [0.15, 0.2) is 0 Å². The van der Waals surface area contributed by atoms with Gasteiger partial charge in [0.1, 0.15) is 20.2 Å². The molecule has 12 heteroatoms. The molecule has 0 radical (unpaired) electrons. The molecule has 0 fully saturated rings. The summed E-state index contributed by atoms with van der Waals surface area (Å²) in [7, 11) is -8.86. The summed E-state index contributed by atoms with van der Waals surface area (Å²) in [6.45, 7) is 8.20. The van der Waals surface area contributed by atoms with Crippen LogP contribution < -0.4 is 59.1 Å². The monoisotopic (exact) mass is 474 g/mol. The van der Waals surface area contributed by atoms with Crippen molar-refractivity contribution in [1.82, 2.24) is 0 Å². The predicted molar refractivity (Wildman–Crippen MR) is 99.5 cm³/mol. The van der Waals surface area contributed by atoms with Gasteiger partial charge in [0, 0.05) is 0 Å². The molecule has 0 saturated heterocycles. The Hall–Kier alpha value is -0.270. The van der Waals surface area contributed by atoms with Crippen LogP contribution in [0.5, 0.6) is 0 Å². The Kier molecular flexibility index (Phi) is 12.9. The normalized spacial score (nSPS) is 10.8. The number of aromatic carboxylic acids is 1. The Morgan fingerprint density at radius 1 is 0.700 bits per heavy atom. The summed E-state index contributed by atoms with van der Waals surface area (Å²) in [5, 5.41) is 8.76. The van der Waals surface area contributed by atoms with Gasteiger partial charge in [-0.15, -0.1) is 0 Å². The van der Waals surface area contributed by atoms with Gasteiger partial charge in [-0.25, -0.2) is 21.6 Å². The molecular formula is C18H20Na2O8S2. The maximum Gasteiger partial charge on any atom is 1.00 e. The Morgan fingerprint density at radius 3 is 1.43 bits per heavy atom. The molecule has 154 valence electrons. The van der Waals surface area contributed by atoms with E-state index in [0.29, 0.717) is 11.1 Å². The molecule has 0 unspecified atom stereocenters. The number of benzene rings is 2. The molecule has 0 saturated carbocycles. The van der Waals surface area contributed by atoms with Crippen LogP contribution in [-0.2, 0) is 20.2 Å². The number of carboxylic acid groups (broad SMARTS) is 1. The number of carbonyl (C=O) groups is 1. The van der Waals surface area contributed by atoms with Crippen molar-refractivity contribution in [3.8, 4) is 0 Å². The fraction of sp³-hybridized carbons (Fsp3) is 0.278. The molecule has 2 aromatic carbocycles. The maximum atomic E-state index is 10.8. The third-order valence-electron chi connectivity index (χ3n) is 4.51. The average molecular weight is 474 g/mol. The molecule has 0 atom stereocenters. The standard InChI is InChI=1S/C9H10O5S.C9H12O3S.2Na/c1-5-6(2)8(15(12,13)14)4-3-7(5)9(10)11;1-6-4-5-9(13(10,11)12)8(3)7(6)2;;/h3-4H,1-2H3,(H,10,11)(H,12,13,14);4-5H,1-3H3,(H,10,11,12);;/q;;2*+1/p-2. The zero-order valence-electron chi connectivity index (χ0n) is 17.9. The quantitative estimate of drug-likeness (QED) is 0.354. The van der Waals surface area contributed by atoms with E-state index in [4.69, 9.17) is 5.11 Å². The van der Waals surface area contributed by atoms with E-state index in [1.54, 1.807) is 19.9 Å². The minimum absolute atomic E-state index is 0. The zero-order valence-corrected chi connectivity index (χ0v) is 23.6. The number of aryl methyl sites for hydroxylation is 1. The molecule has 2 rings (SSSR count). The van der Waals surface area contributed by atoms with Crippen LogP contribution in [0.4, 0.5) is 0 Å². The smallest absolute Gasteiger partial charge is 0.744 e. The summed E-state index contributed by atoms with van der Waals surface area (Å²) in [5.74, 6) is -1.15. The summed E-state index contributed by atoms with van der Waals surface area (Å²) < 4.78 is 64.6. The van der Waals surface area contributed by atoms with Gasteiger partial charge in [-0.05, 0) is 80.6 Å². The molecule has 0 aliphatic rings. The zero-order chi connectivity index (χ0) is 22.0. The molecule has 0 aliphatic carbocycles. The molecule has 1 N–H and O–H groups in total. The van der Waals surface area contributed by atoms with E-state index in [2.05, 4.69) is 0 Å². The first-order valence-electron chi connectivity index (χ1n) is 7.91. The van der Waals surface area contributed by atoms with Gasteiger partial charge in [-0.1, -0.05) is 6.07 Å². The second kappa shape index (κ2) is 12.1. The van der Waals surface area contributed by atoms with Crippen LogP contribution in [0.1, 0.15) is 38.2 Å². The van der Waals surface area contributed by atoms with Gasteiger partial charge in [-0.2, -0.15) is 0 Å². The molecule has 0 bridgehead atoms. The van der Waals surface area contributed by atoms with E-state index >= 15 is 0 Å². The molecule has 0 aliphatic heterocycles. The van der Waals surface area contributed by atoms with Crippen molar-refractivity contribution in [2.24, 2.45) is 0 Å². The fourth-order valence-corrected chi connectivity index (χ4v) is 4.03. The molecular weight excluding hydrogens is 454 g/mol. The van der Waals surface area contributed by atoms with Crippen molar-refractivity contribution < 1.29 is 95.0 Å². The van der Waals surface area contributed by atoms with Gasteiger partial charge < -0.3 is 14.2 Å². The minimum atomic E-state index is -4.54. The Balaban J connectivity index is 0. The van der Waals surface area contributed by atoms with E-state index in [0.717, 1.165) is 23.3 Å². The van der Waals surface area contributed by atoms with Gasteiger partial charge in [-0.3, -0.25) is 0 Å². The first kappa shape index (κ1) is 31.9. The molecule has 30 heavy (non-hydrogen) atoms. The largest absolute Gasteiger partial charge is 1.00 e. The predicted octanol–water partition coefficient (Wildman–Crippen LogP) is -3.57. The van der Waals surface area contributed by atoms with Gasteiger partial charge in [0.25, 0.3) is 0 Å². The number of rotatable bonds is 3. The molecule has 0 amide bonds. The molecule has 2 aromatic rings.